The lowest BCUT2D eigenvalue weighted by molar-refractivity contribution is -0.142. The molecule has 7 nitrogen and oxygen atoms in total. The molecule has 0 saturated carbocycles. The largest absolute Gasteiger partial charge is 0.467 e. The average Bonchev–Trinajstić information content (AvgIpc) is 2.73. The van der Waals surface area contributed by atoms with Gasteiger partial charge in [0.25, 0.3) is 5.91 Å². The van der Waals surface area contributed by atoms with Gasteiger partial charge >= 0.3 is 13.6 Å². The number of ether oxygens (including phenoxy) is 1. The molecule has 0 aliphatic rings. The Bertz CT molecular complexity index is 894. The minimum Gasteiger partial charge on any atom is -0.467 e. The van der Waals surface area contributed by atoms with Gasteiger partial charge in [-0.3, -0.25) is 9.36 Å². The summed E-state index contributed by atoms with van der Waals surface area (Å²) in [6, 6.07) is 12.6. The summed E-state index contributed by atoms with van der Waals surface area (Å²) in [5.74, 6) is -0.994. The van der Waals surface area contributed by atoms with E-state index in [1.165, 1.54) is 21.3 Å². The van der Waals surface area contributed by atoms with Crippen molar-refractivity contribution in [2.24, 2.45) is 0 Å². The predicted octanol–water partition coefficient (Wildman–Crippen LogP) is 3.84. The highest BCUT2D eigenvalue weighted by atomic mass is 35.5. The summed E-state index contributed by atoms with van der Waals surface area (Å²) in [7, 11) is 0.702. The van der Waals surface area contributed by atoms with Crippen molar-refractivity contribution in [3.05, 3.63) is 70.2 Å². The van der Waals surface area contributed by atoms with Gasteiger partial charge in [0, 0.05) is 31.2 Å². The zero-order chi connectivity index (χ0) is 21.4. The van der Waals surface area contributed by atoms with Crippen molar-refractivity contribution in [1.29, 1.82) is 0 Å². The molecule has 0 heterocycles. The van der Waals surface area contributed by atoms with Crippen molar-refractivity contribution in [1.82, 2.24) is 5.32 Å². The lowest BCUT2D eigenvalue weighted by atomic mass is 10.1. The first-order chi connectivity index (χ1) is 13.8. The van der Waals surface area contributed by atoms with E-state index < -0.39 is 25.5 Å². The summed E-state index contributed by atoms with van der Waals surface area (Å²) in [6.45, 7) is 0. The number of hydrogen-bond donors (Lipinski definition) is 1. The van der Waals surface area contributed by atoms with E-state index in [1.807, 2.05) is 6.07 Å². The molecule has 2 aromatic carbocycles. The molecule has 0 spiro atoms. The molecule has 0 fully saturated rings. The second-order valence-electron chi connectivity index (χ2n) is 6.21. The number of amides is 1. The Morgan fingerprint density at radius 3 is 2.24 bits per heavy atom. The zero-order valence-corrected chi connectivity index (χ0v) is 18.0. The number of rotatable bonds is 9. The van der Waals surface area contributed by atoms with Crippen LogP contribution in [0.4, 0.5) is 0 Å². The van der Waals surface area contributed by atoms with Gasteiger partial charge in [0.1, 0.15) is 6.04 Å². The van der Waals surface area contributed by atoms with Gasteiger partial charge < -0.3 is 19.1 Å². The molecular weight excluding hydrogens is 417 g/mol. The van der Waals surface area contributed by atoms with Crippen molar-refractivity contribution in [3.8, 4) is 0 Å². The quantitative estimate of drug-likeness (QED) is 0.471. The van der Waals surface area contributed by atoms with Crippen LogP contribution >= 0.6 is 19.2 Å². The number of hydrogen-bond acceptors (Lipinski definition) is 6. The van der Waals surface area contributed by atoms with E-state index in [4.69, 9.17) is 25.4 Å². The fourth-order valence-electron chi connectivity index (χ4n) is 2.67. The van der Waals surface area contributed by atoms with Gasteiger partial charge in [0.05, 0.1) is 13.3 Å². The third-order valence-electron chi connectivity index (χ3n) is 4.27. The molecule has 2 aromatic rings. The maximum atomic E-state index is 12.6. The van der Waals surface area contributed by atoms with Gasteiger partial charge in [-0.25, -0.2) is 4.79 Å². The predicted molar refractivity (Wildman–Crippen MR) is 110 cm³/mol. The van der Waals surface area contributed by atoms with Gasteiger partial charge in [0.15, 0.2) is 0 Å². The lowest BCUT2D eigenvalue weighted by Crippen LogP contribution is -2.43. The van der Waals surface area contributed by atoms with Crippen LogP contribution in [-0.2, 0) is 35.7 Å². The molecule has 2 rings (SSSR count). The van der Waals surface area contributed by atoms with Crippen molar-refractivity contribution < 1.29 is 27.9 Å². The molecule has 1 amide bonds. The first kappa shape index (κ1) is 23.1. The SMILES string of the molecule is COC(=O)[C@H](Cc1cccc(Cl)c1)NC(=O)c1ccc(CP(=O)(OC)OC)cc1. The molecule has 0 aliphatic carbocycles. The van der Waals surface area contributed by atoms with Gasteiger partial charge in [0.2, 0.25) is 0 Å². The van der Waals surface area contributed by atoms with Crippen molar-refractivity contribution >= 4 is 31.1 Å². The normalized spacial score (nSPS) is 12.3. The van der Waals surface area contributed by atoms with Crippen LogP contribution in [0.3, 0.4) is 0 Å². The van der Waals surface area contributed by atoms with E-state index in [9.17, 15) is 14.2 Å². The van der Waals surface area contributed by atoms with Crippen LogP contribution in [0, 0.1) is 0 Å². The first-order valence-corrected chi connectivity index (χ1v) is 10.8. The lowest BCUT2D eigenvalue weighted by Gasteiger charge is -2.17. The number of methoxy groups -OCH3 is 1. The Morgan fingerprint density at radius 2 is 1.69 bits per heavy atom. The van der Waals surface area contributed by atoms with Gasteiger partial charge in [-0.2, -0.15) is 0 Å². The molecule has 1 atom stereocenters. The summed E-state index contributed by atoms with van der Waals surface area (Å²) in [6.07, 6.45) is 0.323. The number of benzene rings is 2. The first-order valence-electron chi connectivity index (χ1n) is 8.73. The minimum absolute atomic E-state index is 0.0848. The number of carbonyl (C=O) groups excluding carboxylic acids is 2. The fraction of sp³-hybridized carbons (Fsp3) is 0.300. The number of halogens is 1. The second-order valence-corrected chi connectivity index (χ2v) is 8.92. The maximum Gasteiger partial charge on any atom is 0.334 e. The summed E-state index contributed by atoms with van der Waals surface area (Å²) in [5, 5.41) is 3.22. The molecule has 9 heteroatoms. The monoisotopic (exact) mass is 439 g/mol. The van der Waals surface area contributed by atoms with Crippen molar-refractivity contribution in [2.45, 2.75) is 18.6 Å². The molecule has 0 bridgehead atoms. The molecule has 0 aliphatic heterocycles. The molecule has 0 radical (unpaired) electrons. The highest BCUT2D eigenvalue weighted by Gasteiger charge is 2.24. The van der Waals surface area contributed by atoms with E-state index in [2.05, 4.69) is 5.32 Å². The average molecular weight is 440 g/mol. The van der Waals surface area contributed by atoms with E-state index >= 15 is 0 Å². The highest BCUT2D eigenvalue weighted by Crippen LogP contribution is 2.49. The second kappa shape index (κ2) is 10.6. The van der Waals surface area contributed by atoms with E-state index in [1.54, 1.807) is 42.5 Å². The molecule has 29 heavy (non-hydrogen) atoms. The summed E-state index contributed by atoms with van der Waals surface area (Å²) in [5.41, 5.74) is 1.83. The highest BCUT2D eigenvalue weighted by molar-refractivity contribution is 7.52. The Kier molecular flexibility index (Phi) is 8.41. The van der Waals surface area contributed by atoms with Crippen LogP contribution < -0.4 is 5.32 Å². The van der Waals surface area contributed by atoms with E-state index in [0.717, 1.165) is 5.56 Å². The summed E-state index contributed by atoms with van der Waals surface area (Å²) < 4.78 is 26.8. The van der Waals surface area contributed by atoms with Crippen LogP contribution in [0.25, 0.3) is 0 Å². The molecule has 156 valence electrons. The molecular formula is C20H23ClNO6P. The van der Waals surface area contributed by atoms with Crippen LogP contribution in [0.1, 0.15) is 21.5 Å². The smallest absolute Gasteiger partial charge is 0.334 e. The Labute approximate surface area is 174 Å². The van der Waals surface area contributed by atoms with Crippen molar-refractivity contribution in [3.63, 3.8) is 0 Å². The standard InChI is InChI=1S/C20H23ClNO6P/c1-26-20(24)18(12-15-5-4-6-17(21)11-15)22-19(23)16-9-7-14(8-10-16)13-29(25,27-2)28-3/h4-11,18H,12-13H2,1-3H3,(H,22,23)/t18-/m0/s1. The van der Waals surface area contributed by atoms with Crippen LogP contribution in [0.15, 0.2) is 48.5 Å². The van der Waals surface area contributed by atoms with Crippen LogP contribution in [0.5, 0.6) is 0 Å². The van der Waals surface area contributed by atoms with Crippen LogP contribution in [-0.4, -0.2) is 39.2 Å². The van der Waals surface area contributed by atoms with Gasteiger partial charge in [-0.05, 0) is 35.4 Å². The number of nitrogens with one attached hydrogen (secondary N) is 1. The summed E-state index contributed by atoms with van der Waals surface area (Å²) >= 11 is 5.98. The number of esters is 1. The Morgan fingerprint density at radius 1 is 1.03 bits per heavy atom. The minimum atomic E-state index is -3.20. The topological polar surface area (TPSA) is 90.9 Å². The van der Waals surface area contributed by atoms with Crippen LogP contribution in [0.2, 0.25) is 5.02 Å². The van der Waals surface area contributed by atoms with Gasteiger partial charge in [-0.1, -0.05) is 35.9 Å². The zero-order valence-electron chi connectivity index (χ0n) is 16.4. The van der Waals surface area contributed by atoms with Gasteiger partial charge in [-0.15, -0.1) is 0 Å². The Hall–Kier alpha value is -2.18. The maximum absolute atomic E-state index is 12.6. The third-order valence-corrected chi connectivity index (χ3v) is 6.37. The number of carbonyl (C=O) groups is 2. The molecule has 0 unspecified atom stereocenters. The van der Waals surface area contributed by atoms with E-state index in [0.29, 0.717) is 16.1 Å². The van der Waals surface area contributed by atoms with Crippen molar-refractivity contribution in [2.75, 3.05) is 21.3 Å². The Balaban J connectivity index is 2.10. The molecule has 1 N–H and O–H groups in total. The third kappa shape index (κ3) is 6.68. The summed E-state index contributed by atoms with van der Waals surface area (Å²) in [4.78, 5) is 24.7. The molecule has 0 saturated heterocycles. The fourth-order valence-corrected chi connectivity index (χ4v) is 3.94. The molecule has 0 aromatic heterocycles. The van der Waals surface area contributed by atoms with E-state index in [-0.39, 0.29) is 12.6 Å².